The summed E-state index contributed by atoms with van der Waals surface area (Å²) in [5, 5.41) is 2.01. The van der Waals surface area contributed by atoms with Crippen molar-refractivity contribution in [2.75, 3.05) is 13.2 Å². The van der Waals surface area contributed by atoms with E-state index in [4.69, 9.17) is 9.47 Å². The van der Waals surface area contributed by atoms with E-state index in [0.29, 0.717) is 13.2 Å². The lowest BCUT2D eigenvalue weighted by Crippen LogP contribution is -1.99. The summed E-state index contributed by atoms with van der Waals surface area (Å²) in [6.07, 6.45) is 0. The molecular weight excluding hydrogens is 314 g/mol. The van der Waals surface area contributed by atoms with Gasteiger partial charge in [-0.15, -0.1) is 11.3 Å². The van der Waals surface area contributed by atoms with Crippen molar-refractivity contribution in [1.29, 1.82) is 0 Å². The molecule has 0 bridgehead atoms. The second-order valence-electron chi connectivity index (χ2n) is 3.52. The maximum Gasteiger partial charge on any atom is 0.162 e. The van der Waals surface area contributed by atoms with E-state index in [2.05, 4.69) is 20.9 Å². The summed E-state index contributed by atoms with van der Waals surface area (Å²) in [4.78, 5) is 4.32. The molecule has 0 unspecified atom stereocenters. The minimum absolute atomic E-state index is 0.609. The van der Waals surface area contributed by atoms with Gasteiger partial charge in [-0.05, 0) is 41.9 Å². The Labute approximate surface area is 119 Å². The van der Waals surface area contributed by atoms with Crippen LogP contribution in [0.25, 0.3) is 11.3 Å². The number of rotatable bonds is 5. The molecule has 2 aromatic rings. The average Bonchev–Trinajstić information content (AvgIpc) is 2.86. The molecule has 96 valence electrons. The fraction of sp³-hybridized carbons (Fsp3) is 0.308. The number of ether oxygens (including phenoxy) is 2. The van der Waals surface area contributed by atoms with Crippen LogP contribution in [0.15, 0.2) is 27.5 Å². The maximum absolute atomic E-state index is 5.61. The topological polar surface area (TPSA) is 31.4 Å². The van der Waals surface area contributed by atoms with Crippen molar-refractivity contribution < 1.29 is 9.47 Å². The maximum atomic E-state index is 5.61. The van der Waals surface area contributed by atoms with E-state index in [-0.39, 0.29) is 0 Å². The van der Waals surface area contributed by atoms with Crippen LogP contribution in [0.3, 0.4) is 0 Å². The van der Waals surface area contributed by atoms with Crippen LogP contribution >= 0.6 is 27.3 Å². The first-order valence-corrected chi connectivity index (χ1v) is 7.47. The first kappa shape index (κ1) is 13.4. The molecule has 0 aliphatic heterocycles. The van der Waals surface area contributed by atoms with Crippen molar-refractivity contribution >= 4 is 27.3 Å². The van der Waals surface area contributed by atoms with E-state index in [0.717, 1.165) is 27.2 Å². The number of hydrogen-bond donors (Lipinski definition) is 0. The molecule has 0 spiro atoms. The summed E-state index contributed by atoms with van der Waals surface area (Å²) in [7, 11) is 0. The third-order valence-corrected chi connectivity index (χ3v) is 3.58. The van der Waals surface area contributed by atoms with Crippen molar-refractivity contribution in [3.8, 4) is 22.8 Å². The number of hydrogen-bond acceptors (Lipinski definition) is 4. The quantitative estimate of drug-likeness (QED) is 0.817. The van der Waals surface area contributed by atoms with Crippen LogP contribution in [-0.4, -0.2) is 18.2 Å². The van der Waals surface area contributed by atoms with Gasteiger partial charge in [-0.2, -0.15) is 0 Å². The van der Waals surface area contributed by atoms with E-state index < -0.39 is 0 Å². The fourth-order valence-electron chi connectivity index (χ4n) is 1.61. The molecule has 5 heteroatoms. The Morgan fingerprint density at radius 2 is 1.83 bits per heavy atom. The average molecular weight is 328 g/mol. The molecular formula is C13H14BrNO2S. The van der Waals surface area contributed by atoms with Gasteiger partial charge in [0.2, 0.25) is 0 Å². The molecule has 0 saturated heterocycles. The minimum atomic E-state index is 0.609. The number of benzene rings is 1. The van der Waals surface area contributed by atoms with Gasteiger partial charge in [0.05, 0.1) is 24.4 Å². The van der Waals surface area contributed by atoms with Crippen LogP contribution in [0.1, 0.15) is 13.8 Å². The Kier molecular flexibility index (Phi) is 4.60. The van der Waals surface area contributed by atoms with Crippen molar-refractivity contribution in [3.63, 3.8) is 0 Å². The first-order chi connectivity index (χ1) is 8.76. The van der Waals surface area contributed by atoms with Crippen LogP contribution in [0.4, 0.5) is 0 Å². The zero-order chi connectivity index (χ0) is 13.0. The van der Waals surface area contributed by atoms with E-state index in [9.17, 15) is 0 Å². The summed E-state index contributed by atoms with van der Waals surface area (Å²) >= 11 is 5.13. The van der Waals surface area contributed by atoms with Crippen LogP contribution in [0.5, 0.6) is 11.5 Å². The Bertz CT molecular complexity index is 514. The van der Waals surface area contributed by atoms with Gasteiger partial charge >= 0.3 is 0 Å². The second kappa shape index (κ2) is 6.20. The zero-order valence-corrected chi connectivity index (χ0v) is 12.7. The van der Waals surface area contributed by atoms with Crippen LogP contribution in [-0.2, 0) is 0 Å². The Balaban J connectivity index is 2.46. The Morgan fingerprint density at radius 3 is 2.39 bits per heavy atom. The molecule has 0 saturated carbocycles. The lowest BCUT2D eigenvalue weighted by molar-refractivity contribution is 0.287. The summed E-state index contributed by atoms with van der Waals surface area (Å²) in [5.74, 6) is 1.51. The van der Waals surface area contributed by atoms with Gasteiger partial charge in [-0.1, -0.05) is 0 Å². The molecule has 0 amide bonds. The van der Waals surface area contributed by atoms with E-state index in [1.54, 1.807) is 11.3 Å². The monoisotopic (exact) mass is 327 g/mol. The van der Waals surface area contributed by atoms with Crippen LogP contribution < -0.4 is 9.47 Å². The zero-order valence-electron chi connectivity index (χ0n) is 10.3. The molecule has 1 heterocycles. The van der Waals surface area contributed by atoms with Gasteiger partial charge < -0.3 is 9.47 Å². The van der Waals surface area contributed by atoms with E-state index >= 15 is 0 Å². The lowest BCUT2D eigenvalue weighted by Gasteiger charge is -2.13. The highest BCUT2D eigenvalue weighted by Gasteiger charge is 2.13. The third-order valence-electron chi connectivity index (χ3n) is 2.34. The summed E-state index contributed by atoms with van der Waals surface area (Å²) in [6.45, 7) is 5.14. The summed E-state index contributed by atoms with van der Waals surface area (Å²) in [5.41, 5.74) is 3.78. The number of halogens is 1. The molecule has 0 radical (unpaired) electrons. The van der Waals surface area contributed by atoms with E-state index in [1.165, 1.54) is 0 Å². The number of thiazole rings is 1. The molecule has 0 fully saturated rings. The normalized spacial score (nSPS) is 10.4. The highest BCUT2D eigenvalue weighted by atomic mass is 79.9. The van der Waals surface area contributed by atoms with Gasteiger partial charge in [-0.3, -0.25) is 0 Å². The summed E-state index contributed by atoms with van der Waals surface area (Å²) < 4.78 is 12.1. The predicted molar refractivity (Wildman–Crippen MR) is 77.6 cm³/mol. The molecule has 0 atom stereocenters. The van der Waals surface area contributed by atoms with Crippen LogP contribution in [0.2, 0.25) is 0 Å². The second-order valence-corrected chi connectivity index (χ2v) is 5.09. The van der Waals surface area contributed by atoms with Crippen molar-refractivity contribution in [2.45, 2.75) is 13.8 Å². The molecule has 3 nitrogen and oxygen atoms in total. The smallest absolute Gasteiger partial charge is 0.162 e. The summed E-state index contributed by atoms with van der Waals surface area (Å²) in [6, 6.07) is 3.90. The third kappa shape index (κ3) is 2.84. The highest BCUT2D eigenvalue weighted by Crippen LogP contribution is 2.38. The van der Waals surface area contributed by atoms with Gasteiger partial charge in [-0.25, -0.2) is 4.98 Å². The van der Waals surface area contributed by atoms with Gasteiger partial charge in [0.1, 0.15) is 0 Å². The van der Waals surface area contributed by atoms with Crippen LogP contribution in [0, 0.1) is 0 Å². The molecule has 2 rings (SSSR count). The largest absolute Gasteiger partial charge is 0.490 e. The molecule has 18 heavy (non-hydrogen) atoms. The standard InChI is InChI=1S/C13H14BrNO2S/c1-3-16-12-5-9(11-7-18-8-15-11)10(14)6-13(12)17-4-2/h5-8H,3-4H2,1-2H3. The number of nitrogens with zero attached hydrogens (tertiary/aromatic N) is 1. The van der Waals surface area contributed by atoms with E-state index in [1.807, 2.05) is 36.9 Å². The van der Waals surface area contributed by atoms with Crippen molar-refractivity contribution in [2.24, 2.45) is 0 Å². The number of aromatic nitrogens is 1. The SMILES string of the molecule is CCOc1cc(Br)c(-c2cscn2)cc1OCC. The van der Waals surface area contributed by atoms with Crippen molar-refractivity contribution in [1.82, 2.24) is 4.98 Å². The molecule has 1 aromatic carbocycles. The molecule has 1 aromatic heterocycles. The van der Waals surface area contributed by atoms with Gasteiger partial charge in [0.15, 0.2) is 11.5 Å². The lowest BCUT2D eigenvalue weighted by atomic mass is 10.1. The molecule has 0 aliphatic carbocycles. The Hall–Kier alpha value is -1.07. The highest BCUT2D eigenvalue weighted by molar-refractivity contribution is 9.10. The fourth-order valence-corrected chi connectivity index (χ4v) is 2.69. The van der Waals surface area contributed by atoms with Gasteiger partial charge in [0.25, 0.3) is 0 Å². The first-order valence-electron chi connectivity index (χ1n) is 5.74. The predicted octanol–water partition coefficient (Wildman–Crippen LogP) is 4.37. The van der Waals surface area contributed by atoms with Gasteiger partial charge in [0, 0.05) is 15.4 Å². The Morgan fingerprint density at radius 1 is 1.17 bits per heavy atom. The molecule has 0 aliphatic rings. The van der Waals surface area contributed by atoms with Crippen molar-refractivity contribution in [3.05, 3.63) is 27.5 Å². The minimum Gasteiger partial charge on any atom is -0.490 e. The molecule has 0 N–H and O–H groups in total.